The van der Waals surface area contributed by atoms with Gasteiger partial charge in [-0.2, -0.15) is 0 Å². The minimum Gasteiger partial charge on any atom is -0.418 e. The van der Waals surface area contributed by atoms with Crippen LogP contribution in [0.15, 0.2) is 40.6 Å². The Morgan fingerprint density at radius 3 is 2.28 bits per heavy atom. The van der Waals surface area contributed by atoms with Gasteiger partial charge in [0.1, 0.15) is 0 Å². The van der Waals surface area contributed by atoms with Crippen molar-refractivity contribution in [2.45, 2.75) is 91.3 Å². The molecule has 162 valence electrons. The van der Waals surface area contributed by atoms with Gasteiger partial charge in [-0.05, 0) is 70.2 Å². The highest BCUT2D eigenvalue weighted by Crippen LogP contribution is 2.47. The fraction of sp³-hybridized carbons (Fsp3) is 0.625. The molecule has 0 unspecified atom stereocenters. The summed E-state index contributed by atoms with van der Waals surface area (Å²) in [6.07, 6.45) is 6.79. The zero-order chi connectivity index (χ0) is 21.6. The third-order valence-electron chi connectivity index (χ3n) is 6.04. The van der Waals surface area contributed by atoms with Crippen LogP contribution >= 0.6 is 15.9 Å². The summed E-state index contributed by atoms with van der Waals surface area (Å²) in [5.41, 5.74) is 1.45. The lowest BCUT2D eigenvalue weighted by Crippen LogP contribution is -2.42. The highest BCUT2D eigenvalue weighted by atomic mass is 79.9. The summed E-state index contributed by atoms with van der Waals surface area (Å²) >= 11 is 3.46. The molecule has 0 spiro atoms. The van der Waals surface area contributed by atoms with E-state index in [9.17, 15) is 9.90 Å². The van der Waals surface area contributed by atoms with Crippen molar-refractivity contribution in [2.24, 2.45) is 5.41 Å². The molecule has 1 saturated carbocycles. The van der Waals surface area contributed by atoms with Crippen molar-refractivity contribution in [3.8, 4) is 0 Å². The van der Waals surface area contributed by atoms with Crippen LogP contribution in [-0.4, -0.2) is 28.2 Å². The van der Waals surface area contributed by atoms with E-state index in [1.807, 2.05) is 52.0 Å². The van der Waals surface area contributed by atoms with Crippen LogP contribution in [0.2, 0.25) is 0 Å². The molecule has 2 atom stereocenters. The lowest BCUT2D eigenvalue weighted by molar-refractivity contribution is 0.0454. The molecule has 0 aromatic heterocycles. The van der Waals surface area contributed by atoms with Crippen molar-refractivity contribution in [1.82, 2.24) is 4.90 Å². The second kappa shape index (κ2) is 10.6. The average molecular weight is 466 g/mol. The summed E-state index contributed by atoms with van der Waals surface area (Å²) < 4.78 is 6.66. The largest absolute Gasteiger partial charge is 0.418 e. The molecule has 4 nitrogen and oxygen atoms in total. The van der Waals surface area contributed by atoms with Crippen LogP contribution in [0.5, 0.6) is 0 Å². The summed E-state index contributed by atoms with van der Waals surface area (Å²) in [5, 5.41) is 11.3. The van der Waals surface area contributed by atoms with Gasteiger partial charge >= 0.3 is 6.09 Å². The Kier molecular flexibility index (Phi) is 8.77. The fourth-order valence-electron chi connectivity index (χ4n) is 4.33. The van der Waals surface area contributed by atoms with Gasteiger partial charge in [0.15, 0.2) is 0 Å². The van der Waals surface area contributed by atoms with Gasteiger partial charge < -0.3 is 14.7 Å². The summed E-state index contributed by atoms with van der Waals surface area (Å²) in [4.78, 5) is 14.4. The maximum atomic E-state index is 12.7. The fourth-order valence-corrected chi connectivity index (χ4v) is 4.59. The Morgan fingerprint density at radius 1 is 1.10 bits per heavy atom. The molecule has 2 rings (SSSR count). The Hall–Kier alpha value is -1.33. The van der Waals surface area contributed by atoms with Crippen molar-refractivity contribution in [3.63, 3.8) is 0 Å². The third kappa shape index (κ3) is 6.08. The zero-order valence-electron chi connectivity index (χ0n) is 18.5. The minimum absolute atomic E-state index is 0.0676. The average Bonchev–Trinajstić information content (AvgIpc) is 2.64. The molecule has 1 aromatic carbocycles. The van der Waals surface area contributed by atoms with Crippen molar-refractivity contribution in [2.75, 3.05) is 0 Å². The molecule has 1 aliphatic rings. The lowest BCUT2D eigenvalue weighted by Gasteiger charge is -2.39. The molecular formula is C24H36BrNO3. The molecule has 1 N–H and O–H groups in total. The molecule has 1 fully saturated rings. The van der Waals surface area contributed by atoms with Gasteiger partial charge in [0.2, 0.25) is 0 Å². The molecular weight excluding hydrogens is 430 g/mol. The molecule has 0 aliphatic heterocycles. The Balaban J connectivity index is 2.31. The number of carbonyl (C=O) groups is 1. The number of amides is 1. The molecule has 0 heterocycles. The molecule has 0 radical (unpaired) electrons. The van der Waals surface area contributed by atoms with Crippen LogP contribution in [0.1, 0.15) is 84.8 Å². The third-order valence-corrected chi connectivity index (χ3v) is 6.57. The van der Waals surface area contributed by atoms with E-state index in [-0.39, 0.29) is 18.2 Å². The number of ether oxygens (including phenoxy) is 1. The SMILES string of the molecule is CC(C)N(C(=O)O/C=C1/CCCCCC[C@]1(C)[C@H](O)c1ccc(Br)cc1)C(C)C. The maximum absolute atomic E-state index is 12.7. The van der Waals surface area contributed by atoms with Gasteiger partial charge in [-0.3, -0.25) is 0 Å². The number of halogens is 1. The molecule has 1 amide bonds. The first-order valence-corrected chi connectivity index (χ1v) is 11.6. The van der Waals surface area contributed by atoms with Crippen LogP contribution < -0.4 is 0 Å². The molecule has 29 heavy (non-hydrogen) atoms. The van der Waals surface area contributed by atoms with Gasteiger partial charge in [-0.25, -0.2) is 4.79 Å². The molecule has 5 heteroatoms. The van der Waals surface area contributed by atoms with Crippen molar-refractivity contribution in [1.29, 1.82) is 0 Å². The predicted molar refractivity (Wildman–Crippen MR) is 122 cm³/mol. The van der Waals surface area contributed by atoms with E-state index in [4.69, 9.17) is 4.74 Å². The number of carbonyl (C=O) groups excluding carboxylic acids is 1. The monoisotopic (exact) mass is 465 g/mol. The van der Waals surface area contributed by atoms with Gasteiger partial charge in [0.25, 0.3) is 0 Å². The Labute approximate surface area is 184 Å². The first-order chi connectivity index (χ1) is 13.7. The highest BCUT2D eigenvalue weighted by Gasteiger charge is 2.38. The second-order valence-electron chi connectivity index (χ2n) is 8.91. The van der Waals surface area contributed by atoms with E-state index in [2.05, 4.69) is 22.9 Å². The Morgan fingerprint density at radius 2 is 1.69 bits per heavy atom. The van der Waals surface area contributed by atoms with Gasteiger partial charge in [0, 0.05) is 22.0 Å². The van der Waals surface area contributed by atoms with E-state index < -0.39 is 11.5 Å². The summed E-state index contributed by atoms with van der Waals surface area (Å²) in [7, 11) is 0. The molecule has 1 aliphatic carbocycles. The second-order valence-corrected chi connectivity index (χ2v) is 9.82. The minimum atomic E-state index is -0.648. The zero-order valence-corrected chi connectivity index (χ0v) is 20.0. The van der Waals surface area contributed by atoms with E-state index in [0.29, 0.717) is 0 Å². The normalized spacial score (nSPS) is 23.0. The predicted octanol–water partition coefficient (Wildman–Crippen LogP) is 6.98. The van der Waals surface area contributed by atoms with Crippen LogP contribution in [0.3, 0.4) is 0 Å². The van der Waals surface area contributed by atoms with Crippen LogP contribution in [-0.2, 0) is 4.74 Å². The smallest absolute Gasteiger partial charge is 0.415 e. The standard InChI is InChI=1S/C24H36BrNO3/c1-17(2)26(18(3)4)23(28)29-16-20-10-8-6-7-9-15-24(20,5)22(27)19-11-13-21(25)14-12-19/h11-14,16-18,22,27H,6-10,15H2,1-5H3/b20-16-/t22-,24+/m1/s1. The van der Waals surface area contributed by atoms with Gasteiger partial charge in [-0.1, -0.05) is 54.2 Å². The van der Waals surface area contributed by atoms with E-state index in [1.165, 1.54) is 12.8 Å². The number of hydrogen-bond donors (Lipinski definition) is 1. The van der Waals surface area contributed by atoms with E-state index in [1.54, 1.807) is 11.2 Å². The van der Waals surface area contributed by atoms with E-state index >= 15 is 0 Å². The number of aliphatic hydroxyl groups is 1. The molecule has 0 saturated heterocycles. The quantitative estimate of drug-likeness (QED) is 0.476. The maximum Gasteiger partial charge on any atom is 0.415 e. The van der Waals surface area contributed by atoms with Crippen LogP contribution in [0.25, 0.3) is 0 Å². The summed E-state index contributed by atoms with van der Waals surface area (Å²) in [5.74, 6) is 0. The van der Waals surface area contributed by atoms with Crippen molar-refractivity contribution in [3.05, 3.63) is 46.1 Å². The topological polar surface area (TPSA) is 49.8 Å². The number of benzene rings is 1. The molecule has 1 aromatic rings. The summed E-state index contributed by atoms with van der Waals surface area (Å²) in [6.45, 7) is 10.1. The van der Waals surface area contributed by atoms with Crippen LogP contribution in [0.4, 0.5) is 4.79 Å². The number of aliphatic hydroxyl groups excluding tert-OH is 1. The van der Waals surface area contributed by atoms with Crippen LogP contribution in [0, 0.1) is 5.41 Å². The Bertz CT molecular complexity index is 691. The van der Waals surface area contributed by atoms with Crippen molar-refractivity contribution < 1.29 is 14.6 Å². The number of hydrogen-bond acceptors (Lipinski definition) is 3. The lowest BCUT2D eigenvalue weighted by atomic mass is 9.69. The van der Waals surface area contributed by atoms with E-state index in [0.717, 1.165) is 41.3 Å². The van der Waals surface area contributed by atoms with Gasteiger partial charge in [0.05, 0.1) is 12.4 Å². The number of rotatable bonds is 5. The van der Waals surface area contributed by atoms with Crippen molar-refractivity contribution >= 4 is 22.0 Å². The first kappa shape index (κ1) is 23.9. The first-order valence-electron chi connectivity index (χ1n) is 10.8. The molecule has 0 bridgehead atoms. The summed E-state index contributed by atoms with van der Waals surface area (Å²) in [6, 6.07) is 7.97. The highest BCUT2D eigenvalue weighted by molar-refractivity contribution is 9.10. The number of nitrogens with zero attached hydrogens (tertiary/aromatic N) is 1. The van der Waals surface area contributed by atoms with Gasteiger partial charge in [-0.15, -0.1) is 0 Å².